The molecule has 0 radical (unpaired) electrons. The van der Waals surface area contributed by atoms with Gasteiger partial charge >= 0.3 is 11.9 Å². The van der Waals surface area contributed by atoms with E-state index in [4.69, 9.17) is 9.47 Å². The predicted octanol–water partition coefficient (Wildman–Crippen LogP) is 4.71. The van der Waals surface area contributed by atoms with E-state index in [-0.39, 0.29) is 38.9 Å². The summed E-state index contributed by atoms with van der Waals surface area (Å²) in [4.78, 5) is 51.8. The zero-order chi connectivity index (χ0) is 31.0. The minimum absolute atomic E-state index is 0.0758. The molecule has 0 bridgehead atoms. The van der Waals surface area contributed by atoms with Crippen LogP contribution in [-0.4, -0.2) is 35.8 Å². The van der Waals surface area contributed by atoms with Gasteiger partial charge in [0, 0.05) is 25.7 Å². The molecule has 0 aliphatic carbocycles. The van der Waals surface area contributed by atoms with Gasteiger partial charge in [-0.25, -0.2) is 9.59 Å². The first kappa shape index (κ1) is 31.7. The summed E-state index contributed by atoms with van der Waals surface area (Å²) in [6.45, 7) is 0.152. The molecule has 2 N–H and O–H groups in total. The van der Waals surface area contributed by atoms with Crippen molar-refractivity contribution in [2.24, 2.45) is 0 Å². The molecular weight excluding hydrogens is 556 g/mol. The lowest BCUT2D eigenvalue weighted by atomic mass is 10.1. The lowest BCUT2D eigenvalue weighted by molar-refractivity contribution is -0.150. The van der Waals surface area contributed by atoms with Crippen LogP contribution in [0, 0.1) is 0 Å². The van der Waals surface area contributed by atoms with Crippen molar-refractivity contribution in [1.82, 2.24) is 10.6 Å². The highest BCUT2D eigenvalue weighted by Crippen LogP contribution is 2.10. The van der Waals surface area contributed by atoms with Crippen LogP contribution in [0.4, 0.5) is 0 Å². The molecule has 0 aromatic heterocycles. The van der Waals surface area contributed by atoms with E-state index in [0.717, 1.165) is 22.3 Å². The van der Waals surface area contributed by atoms with Gasteiger partial charge in [-0.15, -0.1) is 0 Å². The number of carbonyl (C=O) groups is 4. The van der Waals surface area contributed by atoms with Crippen LogP contribution in [0.3, 0.4) is 0 Å². The molecule has 0 aliphatic rings. The Kier molecular flexibility index (Phi) is 12.3. The fourth-order valence-corrected chi connectivity index (χ4v) is 4.50. The van der Waals surface area contributed by atoms with Gasteiger partial charge in [0.1, 0.15) is 25.3 Å². The molecule has 0 saturated heterocycles. The number of hydrogen-bond donors (Lipinski definition) is 2. The molecule has 4 aromatic carbocycles. The smallest absolute Gasteiger partial charge is 0.329 e. The third kappa shape index (κ3) is 10.9. The average Bonchev–Trinajstić information content (AvgIpc) is 3.06. The van der Waals surface area contributed by atoms with Gasteiger partial charge in [-0.05, 0) is 22.3 Å². The summed E-state index contributed by atoms with van der Waals surface area (Å²) in [5, 5.41) is 5.45. The highest BCUT2D eigenvalue weighted by Gasteiger charge is 2.25. The molecule has 226 valence electrons. The van der Waals surface area contributed by atoms with E-state index in [1.165, 1.54) is 0 Å². The number of amides is 2. The molecule has 0 unspecified atom stereocenters. The van der Waals surface area contributed by atoms with E-state index in [1.54, 1.807) is 0 Å². The van der Waals surface area contributed by atoms with Gasteiger partial charge in [0.2, 0.25) is 11.8 Å². The van der Waals surface area contributed by atoms with Crippen LogP contribution in [0.25, 0.3) is 0 Å². The van der Waals surface area contributed by atoms with Crippen LogP contribution in [0.5, 0.6) is 0 Å². The minimum Gasteiger partial charge on any atom is -0.459 e. The summed E-state index contributed by atoms with van der Waals surface area (Å²) in [6, 6.07) is 35.3. The molecule has 0 fully saturated rings. The first-order chi connectivity index (χ1) is 21.5. The quantitative estimate of drug-likeness (QED) is 0.194. The summed E-state index contributed by atoms with van der Waals surface area (Å²) < 4.78 is 11.0. The normalized spacial score (nSPS) is 11.9. The number of nitrogens with one attached hydrogen (secondary N) is 2. The topological polar surface area (TPSA) is 111 Å². The Morgan fingerprint density at radius 2 is 0.750 bits per heavy atom. The van der Waals surface area contributed by atoms with Gasteiger partial charge in [0.15, 0.2) is 0 Å². The van der Waals surface area contributed by atoms with E-state index >= 15 is 0 Å². The van der Waals surface area contributed by atoms with Crippen molar-refractivity contribution in [2.45, 2.75) is 51.0 Å². The summed E-state index contributed by atoms with van der Waals surface area (Å²) >= 11 is 0. The molecule has 4 rings (SSSR count). The van der Waals surface area contributed by atoms with Crippen molar-refractivity contribution >= 4 is 23.8 Å². The number of carbonyl (C=O) groups excluding carboxylic acids is 4. The van der Waals surface area contributed by atoms with Crippen molar-refractivity contribution in [3.8, 4) is 0 Å². The Morgan fingerprint density at radius 1 is 0.455 bits per heavy atom. The first-order valence-corrected chi connectivity index (χ1v) is 14.5. The van der Waals surface area contributed by atoms with Gasteiger partial charge < -0.3 is 20.1 Å². The van der Waals surface area contributed by atoms with Crippen molar-refractivity contribution < 1.29 is 28.7 Å². The lowest BCUT2D eigenvalue weighted by Gasteiger charge is -2.19. The first-order valence-electron chi connectivity index (χ1n) is 14.5. The molecule has 8 nitrogen and oxygen atoms in total. The van der Waals surface area contributed by atoms with E-state index in [2.05, 4.69) is 10.6 Å². The Labute approximate surface area is 257 Å². The van der Waals surface area contributed by atoms with E-state index in [1.807, 2.05) is 121 Å². The zero-order valence-corrected chi connectivity index (χ0v) is 24.4. The van der Waals surface area contributed by atoms with Crippen LogP contribution in [0.1, 0.15) is 35.1 Å². The molecule has 8 heteroatoms. The summed E-state index contributed by atoms with van der Waals surface area (Å²) in [5.74, 6) is -2.10. The van der Waals surface area contributed by atoms with E-state index in [0.29, 0.717) is 0 Å². The third-order valence-corrected chi connectivity index (χ3v) is 6.83. The number of esters is 2. The lowest BCUT2D eigenvalue weighted by Crippen LogP contribution is -2.45. The Balaban J connectivity index is 1.33. The van der Waals surface area contributed by atoms with Crippen molar-refractivity contribution in [3.63, 3.8) is 0 Å². The van der Waals surface area contributed by atoms with E-state index < -0.39 is 35.8 Å². The second kappa shape index (κ2) is 17.0. The SMILES string of the molecule is O=C(CCC(=O)N[C@@H](Cc1ccccc1)C(=O)OCc1ccccc1)N[C@@H](Cc1ccccc1)C(=O)OCc1ccccc1. The van der Waals surface area contributed by atoms with Gasteiger partial charge in [-0.2, -0.15) is 0 Å². The minimum atomic E-state index is -0.935. The molecule has 4 aromatic rings. The largest absolute Gasteiger partial charge is 0.459 e. The highest BCUT2D eigenvalue weighted by atomic mass is 16.5. The fourth-order valence-electron chi connectivity index (χ4n) is 4.50. The van der Waals surface area contributed by atoms with Crippen molar-refractivity contribution in [3.05, 3.63) is 144 Å². The molecule has 0 heterocycles. The Morgan fingerprint density at radius 3 is 1.07 bits per heavy atom. The number of hydrogen-bond acceptors (Lipinski definition) is 6. The van der Waals surface area contributed by atoms with Gasteiger partial charge in [-0.3, -0.25) is 9.59 Å². The maximum absolute atomic E-state index is 13.0. The summed E-state index contributed by atoms with van der Waals surface area (Å²) in [6.07, 6.45) is 0.109. The second-order valence-electron chi connectivity index (χ2n) is 10.3. The van der Waals surface area contributed by atoms with Gasteiger partial charge in [0.05, 0.1) is 0 Å². The Hall–Kier alpha value is -5.24. The molecule has 0 aliphatic heterocycles. The number of ether oxygens (including phenoxy) is 2. The molecular formula is C36H36N2O6. The fraction of sp³-hybridized carbons (Fsp3) is 0.222. The summed E-state index contributed by atoms with van der Waals surface area (Å²) in [5.41, 5.74) is 3.36. The standard InChI is InChI=1S/C36H36N2O6/c39-33(37-31(23-27-13-5-1-6-14-27)35(41)43-25-29-17-9-3-10-18-29)21-22-34(40)38-32(24-28-15-7-2-8-16-28)36(42)44-26-30-19-11-4-12-20-30/h1-20,31-32H,21-26H2,(H,37,39)(H,38,40)/t31-,32-/m0/s1. The van der Waals surface area contributed by atoms with Gasteiger partial charge in [0.25, 0.3) is 0 Å². The maximum Gasteiger partial charge on any atom is 0.329 e. The third-order valence-electron chi connectivity index (χ3n) is 6.83. The zero-order valence-electron chi connectivity index (χ0n) is 24.4. The molecule has 0 saturated carbocycles. The average molecular weight is 593 g/mol. The van der Waals surface area contributed by atoms with Crippen LogP contribution >= 0.6 is 0 Å². The van der Waals surface area contributed by atoms with Crippen LogP contribution in [0.15, 0.2) is 121 Å². The number of benzene rings is 4. The van der Waals surface area contributed by atoms with Crippen LogP contribution in [-0.2, 0) is 54.7 Å². The van der Waals surface area contributed by atoms with E-state index in [9.17, 15) is 19.2 Å². The van der Waals surface area contributed by atoms with Crippen molar-refractivity contribution in [2.75, 3.05) is 0 Å². The highest BCUT2D eigenvalue weighted by molar-refractivity contribution is 5.89. The predicted molar refractivity (Wildman–Crippen MR) is 166 cm³/mol. The van der Waals surface area contributed by atoms with Crippen LogP contribution < -0.4 is 10.6 Å². The molecule has 2 amide bonds. The molecule has 2 atom stereocenters. The van der Waals surface area contributed by atoms with Gasteiger partial charge in [-0.1, -0.05) is 121 Å². The maximum atomic E-state index is 13.0. The van der Waals surface area contributed by atoms with Crippen molar-refractivity contribution in [1.29, 1.82) is 0 Å². The molecule has 44 heavy (non-hydrogen) atoms. The Bertz CT molecular complexity index is 1370. The molecule has 0 spiro atoms. The summed E-state index contributed by atoms with van der Waals surface area (Å²) in [7, 11) is 0. The number of rotatable bonds is 15. The second-order valence-corrected chi connectivity index (χ2v) is 10.3. The monoisotopic (exact) mass is 592 g/mol. The van der Waals surface area contributed by atoms with Crippen LogP contribution in [0.2, 0.25) is 0 Å².